The second kappa shape index (κ2) is 11.7. The van der Waals surface area contributed by atoms with Gasteiger partial charge in [-0.3, -0.25) is 9.36 Å². The molecule has 1 saturated heterocycles. The molecule has 0 radical (unpaired) electrons. The Morgan fingerprint density at radius 1 is 1.23 bits per heavy atom. The van der Waals surface area contributed by atoms with E-state index in [2.05, 4.69) is 11.6 Å². The Morgan fingerprint density at radius 2 is 2.00 bits per heavy atom. The number of methoxy groups -OCH3 is 1. The lowest BCUT2D eigenvalue weighted by Crippen LogP contribution is -2.54. The summed E-state index contributed by atoms with van der Waals surface area (Å²) in [5.74, 6) is -1.05. The second-order valence-corrected chi connectivity index (χ2v) is 11.4. The van der Waals surface area contributed by atoms with Crippen LogP contribution in [0.2, 0.25) is 10.0 Å². The van der Waals surface area contributed by atoms with Crippen molar-refractivity contribution in [2.24, 2.45) is 0 Å². The predicted octanol–water partition coefficient (Wildman–Crippen LogP) is 5.14. The molecule has 2 aliphatic heterocycles. The van der Waals surface area contributed by atoms with Crippen molar-refractivity contribution in [2.75, 3.05) is 50.8 Å². The monoisotopic (exact) mass is 610 g/mol. The van der Waals surface area contributed by atoms with Crippen molar-refractivity contribution < 1.29 is 23.0 Å². The molecule has 3 heterocycles. The van der Waals surface area contributed by atoms with Crippen LogP contribution < -0.4 is 10.6 Å². The molecule has 2 atom stereocenters. The summed E-state index contributed by atoms with van der Waals surface area (Å²) >= 11 is 14.2. The van der Waals surface area contributed by atoms with E-state index in [1.54, 1.807) is 15.5 Å². The fraction of sp³-hybridized carbons (Fsp3) is 0.370. The number of carbonyl (C=O) groups is 1. The summed E-state index contributed by atoms with van der Waals surface area (Å²) in [7, 11) is 1.51. The van der Waals surface area contributed by atoms with Gasteiger partial charge in [0.25, 0.3) is 0 Å². The van der Waals surface area contributed by atoms with Crippen LogP contribution >= 0.6 is 35.0 Å². The van der Waals surface area contributed by atoms with Gasteiger partial charge in [-0.1, -0.05) is 29.8 Å². The molecule has 5 rings (SSSR count). The summed E-state index contributed by atoms with van der Waals surface area (Å²) in [5.41, 5.74) is 0.359. The van der Waals surface area contributed by atoms with Crippen LogP contribution in [0.15, 0.2) is 40.5 Å². The first-order valence-corrected chi connectivity index (χ1v) is 14.2. The summed E-state index contributed by atoms with van der Waals surface area (Å²) in [6, 6.07) is 3.01. The average molecular weight is 611 g/mol. The van der Waals surface area contributed by atoms with Crippen molar-refractivity contribution in [1.29, 1.82) is 0 Å². The van der Waals surface area contributed by atoms with Crippen LogP contribution in [0.1, 0.15) is 13.0 Å². The van der Waals surface area contributed by atoms with Crippen molar-refractivity contribution >= 4 is 57.6 Å². The number of benzene rings is 2. The first-order valence-electron chi connectivity index (χ1n) is 12.5. The third-order valence-corrected chi connectivity index (χ3v) is 8.88. The van der Waals surface area contributed by atoms with E-state index in [0.29, 0.717) is 52.6 Å². The SMILES string of the molecule is C=CC(=O)N1CCN(c2nc(=O)n3c4c(c(-c5cc(Cl)c(F)cc5F)c(Cl)cc24)SC[C@@H]3COCOC)[C@@H](C)C1. The number of rotatable bonds is 7. The van der Waals surface area contributed by atoms with Crippen molar-refractivity contribution in [3.05, 3.63) is 63.0 Å². The summed E-state index contributed by atoms with van der Waals surface area (Å²) in [6.45, 7) is 7.00. The lowest BCUT2D eigenvalue weighted by molar-refractivity contribution is -0.126. The predicted molar refractivity (Wildman–Crippen MR) is 153 cm³/mol. The topological polar surface area (TPSA) is 76.9 Å². The molecule has 40 heavy (non-hydrogen) atoms. The Kier molecular flexibility index (Phi) is 8.40. The minimum Gasteiger partial charge on any atom is -0.359 e. The Morgan fingerprint density at radius 3 is 2.70 bits per heavy atom. The molecule has 2 aromatic carbocycles. The number of nitrogens with zero attached hydrogens (tertiary/aromatic N) is 4. The van der Waals surface area contributed by atoms with Crippen molar-refractivity contribution in [1.82, 2.24) is 14.5 Å². The summed E-state index contributed by atoms with van der Waals surface area (Å²) in [4.78, 5) is 34.6. The fourth-order valence-electron chi connectivity index (χ4n) is 5.24. The van der Waals surface area contributed by atoms with E-state index in [1.807, 2.05) is 11.8 Å². The highest BCUT2D eigenvalue weighted by Gasteiger charge is 2.34. The molecule has 0 N–H and O–H groups in total. The van der Waals surface area contributed by atoms with Crippen molar-refractivity contribution in [3.8, 4) is 11.1 Å². The maximum atomic E-state index is 15.1. The molecule has 1 aromatic heterocycles. The van der Waals surface area contributed by atoms with E-state index in [-0.39, 0.29) is 47.0 Å². The third-order valence-electron chi connectivity index (χ3n) is 7.06. The van der Waals surface area contributed by atoms with Gasteiger partial charge in [0.15, 0.2) is 0 Å². The smallest absolute Gasteiger partial charge is 0.350 e. The van der Waals surface area contributed by atoms with Crippen LogP contribution in [0.5, 0.6) is 0 Å². The number of carbonyl (C=O) groups excluding carboxylic acids is 1. The molecule has 0 aliphatic carbocycles. The van der Waals surface area contributed by atoms with E-state index in [0.717, 1.165) is 6.07 Å². The molecule has 2 aliphatic rings. The highest BCUT2D eigenvalue weighted by Crippen LogP contribution is 2.48. The van der Waals surface area contributed by atoms with Gasteiger partial charge in [0.2, 0.25) is 5.91 Å². The molecule has 0 bridgehead atoms. The Hall–Kier alpha value is -2.70. The lowest BCUT2D eigenvalue weighted by atomic mass is 10.0. The number of thioether (sulfide) groups is 1. The number of amides is 1. The molecule has 3 aromatic rings. The van der Waals surface area contributed by atoms with Crippen LogP contribution in [-0.2, 0) is 14.3 Å². The highest BCUT2D eigenvalue weighted by atomic mass is 35.5. The zero-order valence-electron chi connectivity index (χ0n) is 21.8. The van der Waals surface area contributed by atoms with Gasteiger partial charge in [-0.2, -0.15) is 4.98 Å². The molecule has 0 unspecified atom stereocenters. The third kappa shape index (κ3) is 5.09. The molecule has 1 fully saturated rings. The number of piperazine rings is 1. The summed E-state index contributed by atoms with van der Waals surface area (Å²) in [5, 5.41) is 0.545. The normalized spacial score (nSPS) is 18.9. The quantitative estimate of drug-likeness (QED) is 0.159. The Balaban J connectivity index is 1.73. The zero-order valence-corrected chi connectivity index (χ0v) is 24.1. The van der Waals surface area contributed by atoms with Crippen LogP contribution in [0, 0.1) is 11.6 Å². The number of anilines is 1. The van der Waals surface area contributed by atoms with Gasteiger partial charge in [0.1, 0.15) is 24.2 Å². The van der Waals surface area contributed by atoms with Crippen LogP contribution in [0.3, 0.4) is 0 Å². The number of ether oxygens (including phenoxy) is 2. The Bertz CT molecular complexity index is 1570. The Labute approximate surface area is 243 Å². The van der Waals surface area contributed by atoms with Gasteiger partial charge in [0, 0.05) is 66.0 Å². The second-order valence-electron chi connectivity index (χ2n) is 9.57. The van der Waals surface area contributed by atoms with Crippen molar-refractivity contribution in [3.63, 3.8) is 0 Å². The van der Waals surface area contributed by atoms with Crippen LogP contribution in [-0.4, -0.2) is 72.3 Å². The maximum Gasteiger partial charge on any atom is 0.350 e. The molecule has 8 nitrogen and oxygen atoms in total. The van der Waals surface area contributed by atoms with E-state index in [1.165, 1.54) is 31.0 Å². The standard InChI is InChI=1S/C27H26Cl2F2N4O4S/c1-4-22(36)33-5-6-34(14(2)10-33)26-17-8-19(29)23(16-7-18(28)21(31)9-20(16)30)25-24(17)35(27(37)32-26)15(12-40-25)11-39-13-38-3/h4,7-9,14-15H,1,5-6,10-13H2,2-3H3/t14-,15-/m0/s1. The minimum absolute atomic E-state index is 0.0252. The zero-order chi connectivity index (χ0) is 28.7. The van der Waals surface area contributed by atoms with E-state index < -0.39 is 17.3 Å². The first kappa shape index (κ1) is 28.8. The minimum atomic E-state index is -0.886. The average Bonchev–Trinajstić information content (AvgIpc) is 2.93. The largest absolute Gasteiger partial charge is 0.359 e. The van der Waals surface area contributed by atoms with E-state index in [4.69, 9.17) is 32.7 Å². The van der Waals surface area contributed by atoms with Gasteiger partial charge in [-0.15, -0.1) is 11.8 Å². The molecule has 1 amide bonds. The number of hydrogen-bond acceptors (Lipinski definition) is 7. The molecule has 0 saturated carbocycles. The van der Waals surface area contributed by atoms with E-state index >= 15 is 4.39 Å². The van der Waals surface area contributed by atoms with Gasteiger partial charge >= 0.3 is 5.69 Å². The number of aromatic nitrogens is 2. The molecular formula is C27H26Cl2F2N4O4S. The van der Waals surface area contributed by atoms with Gasteiger partial charge < -0.3 is 19.3 Å². The van der Waals surface area contributed by atoms with Gasteiger partial charge in [0.05, 0.1) is 28.2 Å². The molecular weight excluding hydrogens is 585 g/mol. The van der Waals surface area contributed by atoms with Gasteiger partial charge in [-0.05, 0) is 25.1 Å². The molecule has 212 valence electrons. The van der Waals surface area contributed by atoms with Gasteiger partial charge in [-0.25, -0.2) is 13.6 Å². The lowest BCUT2D eigenvalue weighted by Gasteiger charge is -2.41. The van der Waals surface area contributed by atoms with Crippen molar-refractivity contribution in [2.45, 2.75) is 23.9 Å². The fourth-order valence-corrected chi connectivity index (χ4v) is 7.07. The first-order chi connectivity index (χ1) is 19.2. The van der Waals surface area contributed by atoms with Crippen LogP contribution in [0.25, 0.3) is 22.0 Å². The van der Waals surface area contributed by atoms with E-state index in [9.17, 15) is 14.0 Å². The number of halogens is 4. The summed E-state index contributed by atoms with van der Waals surface area (Å²) in [6.07, 6.45) is 1.28. The maximum absolute atomic E-state index is 15.1. The molecule has 0 spiro atoms. The number of hydrogen-bond donors (Lipinski definition) is 0. The summed E-state index contributed by atoms with van der Waals surface area (Å²) < 4.78 is 41.3. The molecule has 13 heteroatoms. The van der Waals surface area contributed by atoms with Crippen LogP contribution in [0.4, 0.5) is 14.6 Å². The highest BCUT2D eigenvalue weighted by molar-refractivity contribution is 7.99.